The van der Waals surface area contributed by atoms with Crippen LogP contribution in [0, 0.1) is 17.0 Å². The Bertz CT molecular complexity index is 579. The van der Waals surface area contributed by atoms with E-state index in [1.807, 2.05) is 31.2 Å². The molecule has 0 saturated heterocycles. The maximum absolute atomic E-state index is 10.6. The lowest BCUT2D eigenvalue weighted by Crippen LogP contribution is -2.12. The molecule has 0 heterocycles. The number of nitrogens with one attached hydrogen (secondary N) is 1. The van der Waals surface area contributed by atoms with E-state index in [1.165, 1.54) is 17.7 Å². The molecule has 0 bridgehead atoms. The predicted molar refractivity (Wildman–Crippen MR) is 77.7 cm³/mol. The third-order valence-electron chi connectivity index (χ3n) is 3.04. The summed E-state index contributed by atoms with van der Waals surface area (Å²) in [6, 6.07) is 13.8. The molecule has 2 rings (SSSR count). The van der Waals surface area contributed by atoms with E-state index in [2.05, 4.69) is 5.32 Å². The van der Waals surface area contributed by atoms with Gasteiger partial charge < -0.3 is 10.4 Å². The molecule has 2 N–H and O–H groups in total. The molecule has 0 aromatic heterocycles. The van der Waals surface area contributed by atoms with Crippen molar-refractivity contribution in [3.05, 3.63) is 69.8 Å². The van der Waals surface area contributed by atoms with Gasteiger partial charge in [0.05, 0.1) is 11.0 Å². The van der Waals surface area contributed by atoms with Crippen LogP contribution in [0.1, 0.15) is 17.2 Å². The second-order valence-corrected chi connectivity index (χ2v) is 4.61. The molecular formula is C15H16N2O3. The van der Waals surface area contributed by atoms with Crippen molar-refractivity contribution in [2.24, 2.45) is 0 Å². The first-order valence-electron chi connectivity index (χ1n) is 6.29. The Balaban J connectivity index is 1.95. The minimum atomic E-state index is -0.711. The van der Waals surface area contributed by atoms with Crippen molar-refractivity contribution in [3.63, 3.8) is 0 Å². The summed E-state index contributed by atoms with van der Waals surface area (Å²) in [5.41, 5.74) is 2.77. The fourth-order valence-corrected chi connectivity index (χ4v) is 1.82. The lowest BCUT2D eigenvalue weighted by atomic mass is 10.1. The second-order valence-electron chi connectivity index (χ2n) is 4.61. The Morgan fingerprint density at radius 2 is 1.75 bits per heavy atom. The number of nitrogens with zero attached hydrogens (tertiary/aromatic N) is 1. The van der Waals surface area contributed by atoms with Gasteiger partial charge in [-0.1, -0.05) is 17.7 Å². The van der Waals surface area contributed by atoms with Crippen molar-refractivity contribution >= 4 is 11.4 Å². The van der Waals surface area contributed by atoms with Crippen molar-refractivity contribution in [3.8, 4) is 0 Å². The van der Waals surface area contributed by atoms with Crippen LogP contribution in [-0.2, 0) is 0 Å². The molecule has 2 aromatic carbocycles. The van der Waals surface area contributed by atoms with Crippen LogP contribution in [-0.4, -0.2) is 16.6 Å². The maximum atomic E-state index is 10.6. The normalized spacial score (nSPS) is 11.9. The van der Waals surface area contributed by atoms with Crippen molar-refractivity contribution in [2.75, 3.05) is 11.9 Å². The SMILES string of the molecule is Cc1ccc(NCC(O)c2ccc([N+](=O)[O-])cc2)cc1. The Morgan fingerprint density at radius 3 is 2.30 bits per heavy atom. The molecule has 104 valence electrons. The number of rotatable bonds is 5. The van der Waals surface area contributed by atoms with Gasteiger partial charge in [0.25, 0.3) is 5.69 Å². The van der Waals surface area contributed by atoms with Gasteiger partial charge in [0.2, 0.25) is 0 Å². The van der Waals surface area contributed by atoms with Crippen molar-refractivity contribution in [2.45, 2.75) is 13.0 Å². The Hall–Kier alpha value is -2.40. The molecule has 0 saturated carbocycles. The minimum Gasteiger partial charge on any atom is -0.387 e. The number of aryl methyl sites for hydroxylation is 1. The van der Waals surface area contributed by atoms with E-state index in [0.29, 0.717) is 12.1 Å². The lowest BCUT2D eigenvalue weighted by molar-refractivity contribution is -0.384. The first kappa shape index (κ1) is 14.0. The number of nitro benzene ring substituents is 1. The molecule has 0 aliphatic rings. The predicted octanol–water partition coefficient (Wildman–Crippen LogP) is 3.05. The fraction of sp³-hybridized carbons (Fsp3) is 0.200. The van der Waals surface area contributed by atoms with E-state index < -0.39 is 11.0 Å². The molecule has 5 heteroatoms. The molecule has 1 atom stereocenters. The second kappa shape index (κ2) is 6.16. The standard InChI is InChI=1S/C15H16N2O3/c1-11-2-6-13(7-3-11)16-10-15(18)12-4-8-14(9-5-12)17(19)20/h2-9,15-16,18H,10H2,1H3. The quantitative estimate of drug-likeness (QED) is 0.648. The number of aliphatic hydroxyl groups excluding tert-OH is 1. The van der Waals surface area contributed by atoms with Gasteiger partial charge in [-0.05, 0) is 36.8 Å². The van der Waals surface area contributed by atoms with Crippen LogP contribution in [0.25, 0.3) is 0 Å². The molecule has 0 spiro atoms. The van der Waals surface area contributed by atoms with Gasteiger partial charge in [0, 0.05) is 24.4 Å². The van der Waals surface area contributed by atoms with Crippen LogP contribution in [0.2, 0.25) is 0 Å². The van der Waals surface area contributed by atoms with Gasteiger partial charge in [-0.3, -0.25) is 10.1 Å². The van der Waals surface area contributed by atoms with Crippen LogP contribution in [0.3, 0.4) is 0 Å². The van der Waals surface area contributed by atoms with Crippen molar-refractivity contribution < 1.29 is 10.0 Å². The molecule has 0 aliphatic heterocycles. The van der Waals surface area contributed by atoms with E-state index >= 15 is 0 Å². The molecular weight excluding hydrogens is 256 g/mol. The maximum Gasteiger partial charge on any atom is 0.269 e. The van der Waals surface area contributed by atoms with Crippen molar-refractivity contribution in [1.29, 1.82) is 0 Å². The van der Waals surface area contributed by atoms with Gasteiger partial charge in [0.1, 0.15) is 0 Å². The smallest absolute Gasteiger partial charge is 0.269 e. The summed E-state index contributed by atoms with van der Waals surface area (Å²) in [6.45, 7) is 2.36. The first-order chi connectivity index (χ1) is 9.56. The van der Waals surface area contributed by atoms with Crippen LogP contribution >= 0.6 is 0 Å². The largest absolute Gasteiger partial charge is 0.387 e. The van der Waals surface area contributed by atoms with Crippen molar-refractivity contribution in [1.82, 2.24) is 0 Å². The van der Waals surface area contributed by atoms with Gasteiger partial charge in [0.15, 0.2) is 0 Å². The summed E-state index contributed by atoms with van der Waals surface area (Å²) in [5, 5.41) is 23.7. The van der Waals surface area contributed by atoms with Gasteiger partial charge in [-0.15, -0.1) is 0 Å². The van der Waals surface area contributed by atoms with Crippen LogP contribution in [0.15, 0.2) is 48.5 Å². The highest BCUT2D eigenvalue weighted by atomic mass is 16.6. The average Bonchev–Trinajstić information content (AvgIpc) is 2.46. The highest BCUT2D eigenvalue weighted by Crippen LogP contribution is 2.18. The number of aliphatic hydroxyl groups is 1. The summed E-state index contributed by atoms with van der Waals surface area (Å²) < 4.78 is 0. The molecule has 2 aromatic rings. The Labute approximate surface area is 117 Å². The van der Waals surface area contributed by atoms with E-state index in [0.717, 1.165) is 5.69 Å². The highest BCUT2D eigenvalue weighted by molar-refractivity contribution is 5.44. The zero-order valence-electron chi connectivity index (χ0n) is 11.1. The molecule has 1 unspecified atom stereocenters. The lowest BCUT2D eigenvalue weighted by Gasteiger charge is -2.13. The molecule has 0 radical (unpaired) electrons. The average molecular weight is 272 g/mol. The summed E-state index contributed by atoms with van der Waals surface area (Å²) >= 11 is 0. The number of anilines is 1. The summed E-state index contributed by atoms with van der Waals surface area (Å²) in [6.07, 6.45) is -0.711. The van der Waals surface area contributed by atoms with E-state index in [9.17, 15) is 15.2 Å². The van der Waals surface area contributed by atoms with Crippen LogP contribution in [0.4, 0.5) is 11.4 Å². The highest BCUT2D eigenvalue weighted by Gasteiger charge is 2.10. The summed E-state index contributed by atoms with van der Waals surface area (Å²) in [4.78, 5) is 10.1. The zero-order valence-corrected chi connectivity index (χ0v) is 11.1. The van der Waals surface area contributed by atoms with Crippen LogP contribution in [0.5, 0.6) is 0 Å². The topological polar surface area (TPSA) is 75.4 Å². The number of hydrogen-bond acceptors (Lipinski definition) is 4. The van der Waals surface area contributed by atoms with Crippen LogP contribution < -0.4 is 5.32 Å². The molecule has 0 fully saturated rings. The van der Waals surface area contributed by atoms with Gasteiger partial charge in [-0.25, -0.2) is 0 Å². The van der Waals surface area contributed by atoms with E-state index in [-0.39, 0.29) is 5.69 Å². The number of nitro groups is 1. The Morgan fingerprint density at radius 1 is 1.15 bits per heavy atom. The summed E-state index contributed by atoms with van der Waals surface area (Å²) in [7, 11) is 0. The van der Waals surface area contributed by atoms with E-state index in [4.69, 9.17) is 0 Å². The molecule has 5 nitrogen and oxygen atoms in total. The summed E-state index contributed by atoms with van der Waals surface area (Å²) in [5.74, 6) is 0. The number of hydrogen-bond donors (Lipinski definition) is 2. The monoisotopic (exact) mass is 272 g/mol. The number of non-ortho nitro benzene ring substituents is 1. The number of benzene rings is 2. The molecule has 0 aliphatic carbocycles. The van der Waals surface area contributed by atoms with E-state index in [1.54, 1.807) is 12.1 Å². The minimum absolute atomic E-state index is 0.0208. The van der Waals surface area contributed by atoms with Gasteiger partial charge >= 0.3 is 0 Å². The third-order valence-corrected chi connectivity index (χ3v) is 3.04. The molecule has 0 amide bonds. The first-order valence-corrected chi connectivity index (χ1v) is 6.29. The zero-order chi connectivity index (χ0) is 14.5. The fourth-order valence-electron chi connectivity index (χ4n) is 1.82. The third kappa shape index (κ3) is 3.55. The Kier molecular flexibility index (Phi) is 4.32. The molecule has 20 heavy (non-hydrogen) atoms. The van der Waals surface area contributed by atoms with Gasteiger partial charge in [-0.2, -0.15) is 0 Å².